The fourth-order valence-corrected chi connectivity index (χ4v) is 3.58. The monoisotopic (exact) mass is 357 g/mol. The molecule has 1 aromatic carbocycles. The minimum atomic E-state index is -0.488. The van der Waals surface area contributed by atoms with Gasteiger partial charge in [0.05, 0.1) is 25.0 Å². The fraction of sp³-hybridized carbons (Fsp3) is 0.333. The van der Waals surface area contributed by atoms with Gasteiger partial charge in [-0.1, -0.05) is 0 Å². The maximum atomic E-state index is 12.2. The molecule has 4 rings (SSSR count). The summed E-state index contributed by atoms with van der Waals surface area (Å²) in [6.07, 6.45) is 3.37. The summed E-state index contributed by atoms with van der Waals surface area (Å²) in [5.74, 6) is 0. The Bertz CT molecular complexity index is 915. The van der Waals surface area contributed by atoms with Crippen molar-refractivity contribution in [3.63, 3.8) is 0 Å². The first-order chi connectivity index (χ1) is 11.9. The van der Waals surface area contributed by atoms with Gasteiger partial charge >= 0.3 is 6.09 Å². The van der Waals surface area contributed by atoms with Crippen LogP contribution in [0.4, 0.5) is 4.79 Å². The van der Waals surface area contributed by atoms with Gasteiger partial charge in [-0.3, -0.25) is 4.90 Å². The summed E-state index contributed by atoms with van der Waals surface area (Å²) < 4.78 is 12.6. The molecule has 25 heavy (non-hydrogen) atoms. The van der Waals surface area contributed by atoms with Crippen LogP contribution in [0.1, 0.15) is 32.0 Å². The molecule has 0 fully saturated rings. The Balaban J connectivity index is 1.45. The molecule has 130 valence electrons. The van der Waals surface area contributed by atoms with Crippen LogP contribution in [0.15, 0.2) is 46.0 Å². The number of amides is 1. The highest BCUT2D eigenvalue weighted by Crippen LogP contribution is 2.29. The van der Waals surface area contributed by atoms with Crippen LogP contribution < -0.4 is 0 Å². The lowest BCUT2D eigenvalue weighted by atomic mass is 10.2. The van der Waals surface area contributed by atoms with Crippen molar-refractivity contribution in [1.29, 1.82) is 0 Å². The molecule has 0 spiro atoms. The lowest BCUT2D eigenvalue weighted by Gasteiger charge is -2.24. The van der Waals surface area contributed by atoms with E-state index in [0.29, 0.717) is 13.1 Å². The average Bonchev–Trinajstić information content (AvgIpc) is 3.18. The van der Waals surface area contributed by atoms with Crippen molar-refractivity contribution in [2.75, 3.05) is 0 Å². The minimum Gasteiger partial charge on any atom is -0.464 e. The third-order valence-corrected chi connectivity index (χ3v) is 4.67. The number of hydrogen-bond acceptors (Lipinski definition) is 5. The number of carbonyl (C=O) groups excluding carboxylic acids is 1. The maximum absolute atomic E-state index is 12.2. The lowest BCUT2D eigenvalue weighted by molar-refractivity contribution is 0.0239. The van der Waals surface area contributed by atoms with E-state index in [1.807, 2.05) is 49.3 Å². The Hall–Kier alpha value is -2.41. The first-order valence-electron chi connectivity index (χ1n) is 8.08. The van der Waals surface area contributed by atoms with Crippen LogP contribution >= 0.6 is 11.9 Å². The van der Waals surface area contributed by atoms with Crippen LogP contribution in [0.5, 0.6) is 0 Å². The number of furan rings is 1. The Morgan fingerprint density at radius 3 is 2.88 bits per heavy atom. The summed E-state index contributed by atoms with van der Waals surface area (Å²) in [5.41, 5.74) is 2.37. The van der Waals surface area contributed by atoms with Crippen molar-refractivity contribution in [1.82, 2.24) is 14.1 Å². The van der Waals surface area contributed by atoms with Gasteiger partial charge in [0.1, 0.15) is 11.2 Å². The van der Waals surface area contributed by atoms with Gasteiger partial charge in [-0.15, -0.1) is 0 Å². The highest BCUT2D eigenvalue weighted by Gasteiger charge is 2.30. The molecule has 1 aliphatic rings. The highest BCUT2D eigenvalue weighted by molar-refractivity contribution is 7.97. The van der Waals surface area contributed by atoms with E-state index in [1.54, 1.807) is 11.2 Å². The summed E-state index contributed by atoms with van der Waals surface area (Å²) in [6.45, 7) is 6.62. The molecule has 0 saturated carbocycles. The predicted octanol–water partition coefficient (Wildman–Crippen LogP) is 4.44. The van der Waals surface area contributed by atoms with Gasteiger partial charge in [0, 0.05) is 34.0 Å². The van der Waals surface area contributed by atoms with Crippen LogP contribution in [-0.2, 0) is 17.8 Å². The van der Waals surface area contributed by atoms with Gasteiger partial charge < -0.3 is 9.15 Å². The van der Waals surface area contributed by atoms with Crippen LogP contribution in [0.2, 0.25) is 0 Å². The summed E-state index contributed by atoms with van der Waals surface area (Å²) in [6, 6.07) is 7.99. The molecule has 1 amide bonds. The topological polar surface area (TPSA) is 60.5 Å². The smallest absolute Gasteiger partial charge is 0.410 e. The zero-order valence-corrected chi connectivity index (χ0v) is 15.2. The highest BCUT2D eigenvalue weighted by atomic mass is 32.2. The van der Waals surface area contributed by atoms with E-state index in [-0.39, 0.29) is 6.09 Å². The van der Waals surface area contributed by atoms with Crippen LogP contribution in [0, 0.1) is 0 Å². The van der Waals surface area contributed by atoms with E-state index in [1.165, 1.54) is 11.9 Å². The molecule has 0 aliphatic carbocycles. The van der Waals surface area contributed by atoms with Gasteiger partial charge in [-0.25, -0.2) is 8.88 Å². The summed E-state index contributed by atoms with van der Waals surface area (Å²) in [5, 5.41) is 5.66. The van der Waals surface area contributed by atoms with Crippen molar-refractivity contribution in [2.24, 2.45) is 0 Å². The lowest BCUT2D eigenvalue weighted by Crippen LogP contribution is -2.33. The van der Waals surface area contributed by atoms with E-state index >= 15 is 0 Å². The predicted molar refractivity (Wildman–Crippen MR) is 95.2 cm³/mol. The first kappa shape index (κ1) is 16.1. The molecule has 0 atom stereocenters. The Kier molecular flexibility index (Phi) is 3.76. The minimum absolute atomic E-state index is 0.296. The molecule has 1 aliphatic heterocycles. The molecule has 0 saturated heterocycles. The van der Waals surface area contributed by atoms with Crippen LogP contribution in [0.25, 0.3) is 11.0 Å². The molecule has 0 N–H and O–H groups in total. The second-order valence-electron chi connectivity index (χ2n) is 7.05. The largest absolute Gasteiger partial charge is 0.464 e. The van der Waals surface area contributed by atoms with E-state index in [9.17, 15) is 4.79 Å². The second-order valence-corrected chi connectivity index (χ2v) is 8.08. The molecule has 0 bridgehead atoms. The molecule has 0 radical (unpaired) electrons. The van der Waals surface area contributed by atoms with E-state index in [0.717, 1.165) is 27.1 Å². The van der Waals surface area contributed by atoms with Gasteiger partial charge in [-0.2, -0.15) is 5.10 Å². The molecule has 6 nitrogen and oxygen atoms in total. The Morgan fingerprint density at radius 1 is 1.28 bits per heavy atom. The number of ether oxygens (including phenoxy) is 1. The van der Waals surface area contributed by atoms with Crippen molar-refractivity contribution in [3.8, 4) is 0 Å². The molecule has 3 heterocycles. The van der Waals surface area contributed by atoms with Crippen molar-refractivity contribution in [3.05, 3.63) is 48.0 Å². The first-order valence-corrected chi connectivity index (χ1v) is 8.86. The third kappa shape index (κ3) is 3.37. The normalized spacial score (nSPS) is 14.1. The Labute approximate surface area is 149 Å². The summed E-state index contributed by atoms with van der Waals surface area (Å²) in [4.78, 5) is 14.9. The zero-order valence-electron chi connectivity index (χ0n) is 14.4. The maximum Gasteiger partial charge on any atom is 0.410 e. The van der Waals surface area contributed by atoms with Gasteiger partial charge in [-0.05, 0) is 45.0 Å². The zero-order chi connectivity index (χ0) is 17.6. The number of aromatic nitrogens is 2. The standard InChI is InChI=1S/C18H19N3O3S/c1-18(2,3)24-17(22)20-9-13-10-21(19-15(13)11-20)25-14-4-5-16-12(8-14)6-7-23-16/h4-8,10H,9,11H2,1-3H3. The number of fused-ring (bicyclic) bond motifs is 2. The van der Waals surface area contributed by atoms with E-state index in [4.69, 9.17) is 9.15 Å². The molecule has 3 aromatic rings. The van der Waals surface area contributed by atoms with Crippen LogP contribution in [0.3, 0.4) is 0 Å². The number of nitrogens with zero attached hydrogens (tertiary/aromatic N) is 3. The number of carbonyl (C=O) groups is 1. The van der Waals surface area contributed by atoms with E-state index in [2.05, 4.69) is 11.2 Å². The molecule has 2 aromatic heterocycles. The number of rotatable bonds is 2. The van der Waals surface area contributed by atoms with Gasteiger partial charge in [0.2, 0.25) is 0 Å². The van der Waals surface area contributed by atoms with E-state index < -0.39 is 5.60 Å². The average molecular weight is 357 g/mol. The summed E-state index contributed by atoms with van der Waals surface area (Å²) >= 11 is 1.54. The SMILES string of the molecule is CC(C)(C)OC(=O)N1Cc2cn(Sc3ccc4occc4c3)nc2C1. The Morgan fingerprint density at radius 2 is 2.12 bits per heavy atom. The summed E-state index contributed by atoms with van der Waals surface area (Å²) in [7, 11) is 0. The molecular formula is C18H19N3O3S. The number of benzene rings is 1. The quantitative estimate of drug-likeness (QED) is 0.679. The van der Waals surface area contributed by atoms with Crippen molar-refractivity contribution < 1.29 is 13.9 Å². The van der Waals surface area contributed by atoms with Gasteiger partial charge in [0.15, 0.2) is 0 Å². The second kappa shape index (κ2) is 5.84. The van der Waals surface area contributed by atoms with Crippen molar-refractivity contribution in [2.45, 2.75) is 44.4 Å². The van der Waals surface area contributed by atoms with Gasteiger partial charge in [0.25, 0.3) is 0 Å². The third-order valence-electron chi connectivity index (χ3n) is 3.83. The molecule has 7 heteroatoms. The molecular weight excluding hydrogens is 338 g/mol. The molecule has 0 unspecified atom stereocenters. The number of hydrogen-bond donors (Lipinski definition) is 0. The van der Waals surface area contributed by atoms with Crippen LogP contribution in [-0.4, -0.2) is 25.8 Å². The van der Waals surface area contributed by atoms with Crippen molar-refractivity contribution >= 4 is 29.0 Å². The fourth-order valence-electron chi connectivity index (χ4n) is 2.74.